The van der Waals surface area contributed by atoms with Gasteiger partial charge in [-0.05, 0) is 42.8 Å². The molecule has 0 saturated carbocycles. The molecule has 2 N–H and O–H groups in total. The van der Waals surface area contributed by atoms with Crippen LogP contribution in [0.5, 0.6) is 5.75 Å². The lowest BCUT2D eigenvalue weighted by atomic mass is 10.1. The number of rotatable bonds is 4. The first-order valence-corrected chi connectivity index (χ1v) is 8.38. The van der Waals surface area contributed by atoms with Gasteiger partial charge in [0.1, 0.15) is 11.6 Å². The smallest absolute Gasteiger partial charge is 0.325 e. The number of carbonyl (C=O) groups excluding carboxylic acids is 1. The number of ether oxygens (including phenoxy) is 1. The lowest BCUT2D eigenvalue weighted by Gasteiger charge is -2.06. The monoisotopic (exact) mass is 357 g/mol. The van der Waals surface area contributed by atoms with Crippen LogP contribution in [0.15, 0.2) is 47.8 Å². The zero-order valence-electron chi connectivity index (χ0n) is 13.7. The van der Waals surface area contributed by atoms with Crippen LogP contribution in [-0.4, -0.2) is 18.1 Å². The van der Waals surface area contributed by atoms with Gasteiger partial charge in [-0.25, -0.2) is 14.2 Å². The molecule has 5 nitrogen and oxygen atoms in total. The van der Waals surface area contributed by atoms with Gasteiger partial charge in [0, 0.05) is 10.9 Å². The van der Waals surface area contributed by atoms with Crippen molar-refractivity contribution in [2.75, 3.05) is 17.7 Å². The summed E-state index contributed by atoms with van der Waals surface area (Å²) >= 11 is 1.30. The first-order chi connectivity index (χ1) is 12.1. The molecule has 3 rings (SSSR count). The summed E-state index contributed by atoms with van der Waals surface area (Å²) in [5.41, 5.74) is 2.79. The topological polar surface area (TPSA) is 63.2 Å². The molecule has 0 aliphatic rings. The maximum atomic E-state index is 13.5. The van der Waals surface area contributed by atoms with E-state index < -0.39 is 11.8 Å². The van der Waals surface area contributed by atoms with E-state index in [9.17, 15) is 9.18 Å². The average molecular weight is 357 g/mol. The van der Waals surface area contributed by atoms with Gasteiger partial charge in [0.15, 0.2) is 5.13 Å². The second-order valence-corrected chi connectivity index (χ2v) is 6.14. The SMILES string of the molecule is COc1ccc(-c2csc(NC(=O)Nc3ccccc3F)n2)cc1C. The number of carbonyl (C=O) groups is 1. The summed E-state index contributed by atoms with van der Waals surface area (Å²) < 4.78 is 18.8. The number of aryl methyl sites for hydroxylation is 1. The van der Waals surface area contributed by atoms with Crippen molar-refractivity contribution < 1.29 is 13.9 Å². The van der Waals surface area contributed by atoms with Gasteiger partial charge in [0.25, 0.3) is 0 Å². The van der Waals surface area contributed by atoms with E-state index in [1.54, 1.807) is 19.2 Å². The van der Waals surface area contributed by atoms with E-state index in [0.717, 1.165) is 22.6 Å². The van der Waals surface area contributed by atoms with Gasteiger partial charge >= 0.3 is 6.03 Å². The fraction of sp³-hybridized carbons (Fsp3) is 0.111. The van der Waals surface area contributed by atoms with E-state index in [2.05, 4.69) is 15.6 Å². The number of benzene rings is 2. The van der Waals surface area contributed by atoms with Crippen LogP contribution >= 0.6 is 11.3 Å². The lowest BCUT2D eigenvalue weighted by molar-refractivity contribution is 0.262. The fourth-order valence-electron chi connectivity index (χ4n) is 2.31. The van der Waals surface area contributed by atoms with Gasteiger partial charge in [-0.3, -0.25) is 5.32 Å². The molecule has 0 aliphatic heterocycles. The molecule has 0 atom stereocenters. The van der Waals surface area contributed by atoms with Gasteiger partial charge < -0.3 is 10.1 Å². The first kappa shape index (κ1) is 16.9. The summed E-state index contributed by atoms with van der Waals surface area (Å²) in [6.45, 7) is 1.95. The van der Waals surface area contributed by atoms with Crippen LogP contribution in [0.4, 0.5) is 20.0 Å². The van der Waals surface area contributed by atoms with E-state index in [0.29, 0.717) is 5.13 Å². The Bertz CT molecular complexity index is 911. The Kier molecular flexibility index (Phi) is 4.95. The maximum absolute atomic E-state index is 13.5. The van der Waals surface area contributed by atoms with E-state index >= 15 is 0 Å². The molecule has 3 aromatic rings. The zero-order valence-corrected chi connectivity index (χ0v) is 14.5. The Hall–Kier alpha value is -2.93. The van der Waals surface area contributed by atoms with Crippen LogP contribution in [0, 0.1) is 12.7 Å². The van der Waals surface area contributed by atoms with Crippen molar-refractivity contribution in [3.63, 3.8) is 0 Å². The standard InChI is InChI=1S/C18H16FN3O2S/c1-11-9-12(7-8-16(11)24-2)15-10-25-18(21-15)22-17(23)20-14-6-4-3-5-13(14)19/h3-10H,1-2H3,(H2,20,21,22,23). The number of anilines is 2. The second-order valence-electron chi connectivity index (χ2n) is 5.28. The highest BCUT2D eigenvalue weighted by molar-refractivity contribution is 7.14. The van der Waals surface area contributed by atoms with Crippen molar-refractivity contribution in [2.45, 2.75) is 6.92 Å². The minimum absolute atomic E-state index is 0.113. The molecule has 0 bridgehead atoms. The Morgan fingerprint density at radius 2 is 2.00 bits per heavy atom. The van der Waals surface area contributed by atoms with Crippen LogP contribution in [0.25, 0.3) is 11.3 Å². The Morgan fingerprint density at radius 1 is 1.20 bits per heavy atom. The quantitative estimate of drug-likeness (QED) is 0.697. The number of halogens is 1. The van der Waals surface area contributed by atoms with Gasteiger partial charge in [0.05, 0.1) is 18.5 Å². The first-order valence-electron chi connectivity index (χ1n) is 7.50. The molecular weight excluding hydrogens is 341 g/mol. The Morgan fingerprint density at radius 3 is 2.72 bits per heavy atom. The van der Waals surface area contributed by atoms with Crippen LogP contribution in [0.2, 0.25) is 0 Å². The third-order valence-corrected chi connectivity index (χ3v) is 4.30. The normalized spacial score (nSPS) is 10.4. The molecule has 2 amide bonds. The van der Waals surface area contributed by atoms with Crippen LogP contribution < -0.4 is 15.4 Å². The molecule has 1 aromatic heterocycles. The molecule has 128 valence electrons. The Labute approximate surface area is 148 Å². The molecule has 0 aliphatic carbocycles. The van der Waals surface area contributed by atoms with Crippen LogP contribution in [-0.2, 0) is 0 Å². The number of hydrogen-bond acceptors (Lipinski definition) is 4. The van der Waals surface area contributed by atoms with Gasteiger partial charge in [-0.15, -0.1) is 11.3 Å². The summed E-state index contributed by atoms with van der Waals surface area (Å²) in [6, 6.07) is 11.2. The highest BCUT2D eigenvalue weighted by atomic mass is 32.1. The van der Waals surface area contributed by atoms with Crippen molar-refractivity contribution in [3.05, 3.63) is 59.2 Å². The number of thiazole rings is 1. The van der Waals surface area contributed by atoms with Crippen molar-refractivity contribution in [3.8, 4) is 17.0 Å². The molecule has 2 aromatic carbocycles. The number of aromatic nitrogens is 1. The molecule has 0 fully saturated rings. The van der Waals surface area contributed by atoms with Crippen molar-refractivity contribution in [1.29, 1.82) is 0 Å². The summed E-state index contributed by atoms with van der Waals surface area (Å²) in [4.78, 5) is 16.4. The van der Waals surface area contributed by atoms with E-state index in [4.69, 9.17) is 4.74 Å². The number of urea groups is 1. The number of para-hydroxylation sites is 1. The van der Waals surface area contributed by atoms with E-state index in [-0.39, 0.29) is 5.69 Å². The molecule has 1 heterocycles. The minimum Gasteiger partial charge on any atom is -0.496 e. The van der Waals surface area contributed by atoms with Gasteiger partial charge in [0.2, 0.25) is 0 Å². The molecule has 0 radical (unpaired) electrons. The number of hydrogen-bond donors (Lipinski definition) is 2. The lowest BCUT2D eigenvalue weighted by Crippen LogP contribution is -2.19. The van der Waals surface area contributed by atoms with Crippen molar-refractivity contribution in [1.82, 2.24) is 4.98 Å². The predicted octanol–water partition coefficient (Wildman–Crippen LogP) is 4.91. The van der Waals surface area contributed by atoms with E-state index in [1.807, 2.05) is 30.5 Å². The molecular formula is C18H16FN3O2S. The highest BCUT2D eigenvalue weighted by Gasteiger charge is 2.11. The maximum Gasteiger partial charge on any atom is 0.325 e. The highest BCUT2D eigenvalue weighted by Crippen LogP contribution is 2.28. The van der Waals surface area contributed by atoms with Crippen molar-refractivity contribution in [2.24, 2.45) is 0 Å². The number of methoxy groups -OCH3 is 1. The molecule has 0 unspecified atom stereocenters. The average Bonchev–Trinajstić information content (AvgIpc) is 3.05. The summed E-state index contributed by atoms with van der Waals surface area (Å²) in [7, 11) is 1.63. The summed E-state index contributed by atoms with van der Waals surface area (Å²) in [6.07, 6.45) is 0. The second kappa shape index (κ2) is 7.31. The van der Waals surface area contributed by atoms with Crippen LogP contribution in [0.1, 0.15) is 5.56 Å². The Balaban J connectivity index is 1.70. The molecule has 0 spiro atoms. The third-order valence-electron chi connectivity index (χ3n) is 3.54. The van der Waals surface area contributed by atoms with Gasteiger partial charge in [-0.1, -0.05) is 12.1 Å². The summed E-state index contributed by atoms with van der Waals surface area (Å²) in [5, 5.41) is 7.34. The predicted molar refractivity (Wildman–Crippen MR) is 97.9 cm³/mol. The van der Waals surface area contributed by atoms with Crippen LogP contribution in [0.3, 0.4) is 0 Å². The number of amides is 2. The number of nitrogens with one attached hydrogen (secondary N) is 2. The third kappa shape index (κ3) is 3.95. The number of nitrogens with zero attached hydrogens (tertiary/aromatic N) is 1. The van der Waals surface area contributed by atoms with Crippen molar-refractivity contribution >= 4 is 28.2 Å². The molecule has 7 heteroatoms. The summed E-state index contributed by atoms with van der Waals surface area (Å²) in [5.74, 6) is 0.313. The zero-order chi connectivity index (χ0) is 17.8. The van der Waals surface area contributed by atoms with E-state index in [1.165, 1.54) is 23.5 Å². The minimum atomic E-state index is -0.545. The fourth-order valence-corrected chi connectivity index (χ4v) is 3.03. The molecule has 0 saturated heterocycles. The largest absolute Gasteiger partial charge is 0.496 e. The molecule has 25 heavy (non-hydrogen) atoms. The van der Waals surface area contributed by atoms with Gasteiger partial charge in [-0.2, -0.15) is 0 Å².